The lowest BCUT2D eigenvalue weighted by molar-refractivity contribution is 0.392. The molecule has 1 N–H and O–H groups in total. The van der Waals surface area contributed by atoms with Crippen molar-refractivity contribution in [3.05, 3.63) is 41.4 Å². The van der Waals surface area contributed by atoms with Gasteiger partial charge in [0.1, 0.15) is 21.9 Å². The number of nitrogens with one attached hydrogen (secondary N) is 1. The summed E-state index contributed by atoms with van der Waals surface area (Å²) in [7, 11) is -1.17. The van der Waals surface area contributed by atoms with Crippen LogP contribution in [0.15, 0.2) is 45.7 Å². The van der Waals surface area contributed by atoms with Crippen LogP contribution in [0, 0.1) is 0 Å². The average Bonchev–Trinajstić information content (AvgIpc) is 2.94. The molecule has 0 aliphatic rings. The molecule has 0 aliphatic heterocycles. The zero-order valence-corrected chi connectivity index (χ0v) is 14.3. The van der Waals surface area contributed by atoms with Crippen LogP contribution in [0.5, 0.6) is 11.5 Å². The Balaban J connectivity index is 2.01. The van der Waals surface area contributed by atoms with Gasteiger partial charge in [-0.15, -0.1) is 0 Å². The molecule has 24 heavy (non-hydrogen) atoms. The van der Waals surface area contributed by atoms with Crippen molar-refractivity contribution in [2.75, 3.05) is 18.9 Å². The van der Waals surface area contributed by atoms with E-state index in [2.05, 4.69) is 9.71 Å². The van der Waals surface area contributed by atoms with E-state index in [1.54, 1.807) is 24.3 Å². The first-order valence-electron chi connectivity index (χ1n) is 6.74. The van der Waals surface area contributed by atoms with Crippen molar-refractivity contribution in [1.29, 1.82) is 0 Å². The number of sulfonamides is 1. The van der Waals surface area contributed by atoms with Gasteiger partial charge in [0.15, 0.2) is 5.58 Å². The van der Waals surface area contributed by atoms with Gasteiger partial charge in [-0.3, -0.25) is 0 Å². The average molecular weight is 369 g/mol. The van der Waals surface area contributed by atoms with Crippen LogP contribution in [0.25, 0.3) is 11.1 Å². The van der Waals surface area contributed by atoms with E-state index in [1.165, 1.54) is 26.4 Å². The molecule has 0 aliphatic carbocycles. The lowest BCUT2D eigenvalue weighted by atomic mass is 10.3. The molecule has 3 rings (SSSR count). The highest BCUT2D eigenvalue weighted by atomic mass is 35.5. The summed E-state index contributed by atoms with van der Waals surface area (Å²) in [6.07, 6.45) is 0. The van der Waals surface area contributed by atoms with E-state index in [-0.39, 0.29) is 16.7 Å². The van der Waals surface area contributed by atoms with Crippen molar-refractivity contribution in [2.24, 2.45) is 0 Å². The van der Waals surface area contributed by atoms with E-state index in [0.717, 1.165) is 0 Å². The maximum Gasteiger partial charge on any atom is 0.309 e. The van der Waals surface area contributed by atoms with Crippen molar-refractivity contribution in [3.63, 3.8) is 0 Å². The van der Waals surface area contributed by atoms with Crippen molar-refractivity contribution in [1.82, 2.24) is 4.98 Å². The predicted molar refractivity (Wildman–Crippen MR) is 89.4 cm³/mol. The molecule has 0 spiro atoms. The molecule has 9 heteroatoms. The van der Waals surface area contributed by atoms with Crippen LogP contribution in [0.4, 0.5) is 6.01 Å². The molecule has 0 radical (unpaired) electrons. The smallest absolute Gasteiger partial charge is 0.309 e. The van der Waals surface area contributed by atoms with Crippen LogP contribution in [0.1, 0.15) is 0 Å². The summed E-state index contributed by atoms with van der Waals surface area (Å²) >= 11 is 5.88. The summed E-state index contributed by atoms with van der Waals surface area (Å²) in [5.74, 6) is 0.544. The number of benzene rings is 2. The first-order chi connectivity index (χ1) is 11.4. The SMILES string of the molecule is COc1ccc(OC)c(S(=O)(=O)Nc2nc3cc(Cl)ccc3o2)c1. The third-order valence-corrected chi connectivity index (χ3v) is 4.81. The minimum Gasteiger partial charge on any atom is -0.497 e. The molecule has 126 valence electrons. The molecular formula is C15H13ClN2O5S. The number of anilines is 1. The molecule has 7 nitrogen and oxygen atoms in total. The molecule has 2 aromatic carbocycles. The van der Waals surface area contributed by atoms with Gasteiger partial charge in [-0.2, -0.15) is 4.98 Å². The molecule has 0 unspecified atom stereocenters. The van der Waals surface area contributed by atoms with Gasteiger partial charge < -0.3 is 13.9 Å². The number of rotatable bonds is 5. The Kier molecular flexibility index (Phi) is 4.25. The quantitative estimate of drug-likeness (QED) is 0.743. The first kappa shape index (κ1) is 16.4. The number of nitrogens with zero attached hydrogens (tertiary/aromatic N) is 1. The Labute approximate surface area is 143 Å². The monoisotopic (exact) mass is 368 g/mol. The highest BCUT2D eigenvalue weighted by Crippen LogP contribution is 2.30. The minimum absolute atomic E-state index is 0.0929. The number of ether oxygens (including phenoxy) is 2. The molecule has 0 amide bonds. The van der Waals surface area contributed by atoms with Gasteiger partial charge in [0.05, 0.1) is 14.2 Å². The zero-order valence-electron chi connectivity index (χ0n) is 12.7. The number of hydrogen-bond acceptors (Lipinski definition) is 6. The third-order valence-electron chi connectivity index (χ3n) is 3.23. The van der Waals surface area contributed by atoms with Crippen LogP contribution >= 0.6 is 11.6 Å². The summed E-state index contributed by atoms with van der Waals surface area (Å²) in [4.78, 5) is 3.98. The van der Waals surface area contributed by atoms with Crippen molar-refractivity contribution < 1.29 is 22.3 Å². The van der Waals surface area contributed by atoms with Crippen molar-refractivity contribution in [3.8, 4) is 11.5 Å². The number of fused-ring (bicyclic) bond motifs is 1. The highest BCUT2D eigenvalue weighted by Gasteiger charge is 2.23. The molecule has 1 heterocycles. The van der Waals surface area contributed by atoms with Crippen LogP contribution in [-0.2, 0) is 10.0 Å². The number of hydrogen-bond donors (Lipinski definition) is 1. The van der Waals surface area contributed by atoms with E-state index in [0.29, 0.717) is 21.9 Å². The molecule has 0 saturated heterocycles. The number of halogens is 1. The van der Waals surface area contributed by atoms with Crippen molar-refractivity contribution >= 4 is 38.7 Å². The van der Waals surface area contributed by atoms with Gasteiger partial charge >= 0.3 is 6.01 Å². The molecule has 3 aromatic rings. The van der Waals surface area contributed by atoms with E-state index in [1.807, 2.05) is 0 Å². The van der Waals surface area contributed by atoms with Gasteiger partial charge in [0, 0.05) is 11.1 Å². The van der Waals surface area contributed by atoms with Gasteiger partial charge in [0.2, 0.25) is 0 Å². The Bertz CT molecular complexity index is 1000. The summed E-state index contributed by atoms with van der Waals surface area (Å²) in [5.41, 5.74) is 0.854. The van der Waals surface area contributed by atoms with E-state index < -0.39 is 10.0 Å². The summed E-state index contributed by atoms with van der Waals surface area (Å²) in [6.45, 7) is 0. The lowest BCUT2D eigenvalue weighted by Gasteiger charge is -2.10. The molecule has 1 aromatic heterocycles. The maximum absolute atomic E-state index is 12.6. The molecule has 0 atom stereocenters. The summed E-state index contributed by atoms with van der Waals surface area (Å²) in [6, 6.07) is 9.08. The second-order valence-corrected chi connectivity index (χ2v) is 6.84. The molecule has 0 bridgehead atoms. The largest absolute Gasteiger partial charge is 0.497 e. The van der Waals surface area contributed by atoms with Gasteiger partial charge in [-0.1, -0.05) is 11.6 Å². The number of aromatic nitrogens is 1. The zero-order chi connectivity index (χ0) is 17.3. The Hall–Kier alpha value is -2.45. The van der Waals surface area contributed by atoms with Crippen molar-refractivity contribution in [2.45, 2.75) is 4.90 Å². The fourth-order valence-electron chi connectivity index (χ4n) is 2.11. The van der Waals surface area contributed by atoms with Gasteiger partial charge in [-0.25, -0.2) is 13.1 Å². The number of oxazole rings is 1. The molecular weight excluding hydrogens is 356 g/mol. The molecule has 0 saturated carbocycles. The second-order valence-electron chi connectivity index (χ2n) is 4.75. The Morgan fingerprint density at radius 1 is 1.12 bits per heavy atom. The van der Waals surface area contributed by atoms with Crippen LogP contribution < -0.4 is 14.2 Å². The minimum atomic E-state index is -3.99. The lowest BCUT2D eigenvalue weighted by Crippen LogP contribution is -2.14. The van der Waals surface area contributed by atoms with E-state index in [9.17, 15) is 8.42 Å². The van der Waals surface area contributed by atoms with E-state index >= 15 is 0 Å². The van der Waals surface area contributed by atoms with Gasteiger partial charge in [0.25, 0.3) is 10.0 Å². The van der Waals surface area contributed by atoms with Crippen LogP contribution in [0.2, 0.25) is 5.02 Å². The predicted octanol–water partition coefficient (Wildman–Crippen LogP) is 3.30. The fraction of sp³-hybridized carbons (Fsp3) is 0.133. The van der Waals surface area contributed by atoms with Crippen LogP contribution in [-0.4, -0.2) is 27.6 Å². The maximum atomic E-state index is 12.6. The number of methoxy groups -OCH3 is 2. The summed E-state index contributed by atoms with van der Waals surface area (Å²) < 4.78 is 43.1. The normalized spacial score (nSPS) is 11.5. The van der Waals surface area contributed by atoms with E-state index in [4.69, 9.17) is 25.5 Å². The highest BCUT2D eigenvalue weighted by molar-refractivity contribution is 7.92. The topological polar surface area (TPSA) is 90.7 Å². The second kappa shape index (κ2) is 6.21. The molecule has 0 fully saturated rings. The first-order valence-corrected chi connectivity index (χ1v) is 8.60. The standard InChI is InChI=1S/C15H13ClN2O5S/c1-21-10-4-6-13(22-2)14(8-10)24(19,20)18-15-17-11-7-9(16)3-5-12(11)23-15/h3-8H,1-2H3,(H,17,18). The Morgan fingerprint density at radius 2 is 1.92 bits per heavy atom. The van der Waals surface area contributed by atoms with Crippen LogP contribution in [0.3, 0.4) is 0 Å². The third kappa shape index (κ3) is 3.10. The Morgan fingerprint density at radius 3 is 2.62 bits per heavy atom. The summed E-state index contributed by atoms with van der Waals surface area (Å²) in [5, 5.41) is 0.472. The van der Waals surface area contributed by atoms with Gasteiger partial charge in [-0.05, 0) is 30.3 Å². The fourth-order valence-corrected chi connectivity index (χ4v) is 3.39.